The second-order valence-electron chi connectivity index (χ2n) is 4.42. The lowest BCUT2D eigenvalue weighted by molar-refractivity contribution is 0.377. The fourth-order valence-electron chi connectivity index (χ4n) is 2.12. The van der Waals surface area contributed by atoms with Crippen molar-refractivity contribution < 1.29 is 13.9 Å². The third-order valence-electron chi connectivity index (χ3n) is 3.20. The molecule has 2 unspecified atom stereocenters. The van der Waals surface area contributed by atoms with Crippen molar-refractivity contribution in [3.05, 3.63) is 64.4 Å². The summed E-state index contributed by atoms with van der Waals surface area (Å²) in [5.41, 5.74) is 1.88. The van der Waals surface area contributed by atoms with E-state index in [9.17, 15) is 4.39 Å². The lowest BCUT2D eigenvalue weighted by Gasteiger charge is -2.04. The highest BCUT2D eigenvalue weighted by molar-refractivity contribution is 6.31. The van der Waals surface area contributed by atoms with Gasteiger partial charge in [0.05, 0.1) is 12.1 Å². The molecule has 2 nitrogen and oxygen atoms in total. The van der Waals surface area contributed by atoms with Gasteiger partial charge in [-0.05, 0) is 29.8 Å². The average molecular weight is 279 g/mol. The van der Waals surface area contributed by atoms with E-state index in [0.29, 0.717) is 10.8 Å². The number of halogens is 2. The minimum Gasteiger partial charge on any atom is -0.497 e. The van der Waals surface area contributed by atoms with E-state index >= 15 is 0 Å². The average Bonchev–Trinajstić information content (AvgIpc) is 3.19. The second-order valence-corrected chi connectivity index (χ2v) is 4.82. The van der Waals surface area contributed by atoms with Crippen molar-refractivity contribution in [3.8, 4) is 5.75 Å². The quantitative estimate of drug-likeness (QED) is 0.781. The molecule has 4 heteroatoms. The first kappa shape index (κ1) is 12.5. The van der Waals surface area contributed by atoms with Crippen LogP contribution in [0.15, 0.2) is 42.5 Å². The van der Waals surface area contributed by atoms with E-state index in [1.807, 2.05) is 12.1 Å². The van der Waals surface area contributed by atoms with Gasteiger partial charge >= 0.3 is 0 Å². The predicted molar refractivity (Wildman–Crippen MR) is 71.0 cm³/mol. The fraction of sp³-hybridized carbons (Fsp3) is 0.200. The number of methoxy groups -OCH3 is 1. The zero-order valence-corrected chi connectivity index (χ0v) is 11.0. The van der Waals surface area contributed by atoms with Gasteiger partial charge in [-0.25, -0.2) is 4.39 Å². The van der Waals surface area contributed by atoms with E-state index < -0.39 is 0 Å². The van der Waals surface area contributed by atoms with Crippen LogP contribution in [0.25, 0.3) is 0 Å². The summed E-state index contributed by atoms with van der Waals surface area (Å²) in [4.78, 5) is 0. The van der Waals surface area contributed by atoms with Crippen LogP contribution in [0.4, 0.5) is 4.39 Å². The van der Waals surface area contributed by atoms with Crippen LogP contribution in [0.2, 0.25) is 5.02 Å². The van der Waals surface area contributed by atoms with Gasteiger partial charge in [0.25, 0.3) is 0 Å². The van der Waals surface area contributed by atoms with E-state index in [2.05, 4.69) is 0 Å². The van der Waals surface area contributed by atoms with Crippen molar-refractivity contribution in [2.75, 3.05) is 7.11 Å². The highest BCUT2D eigenvalue weighted by Gasteiger charge is 2.42. The number of epoxide rings is 1. The molecule has 3 rings (SSSR count). The Labute approximate surface area is 115 Å². The predicted octanol–water partition coefficient (Wildman–Crippen LogP) is 4.30. The molecule has 0 spiro atoms. The second kappa shape index (κ2) is 4.83. The largest absolute Gasteiger partial charge is 0.497 e. The Morgan fingerprint density at radius 3 is 2.47 bits per heavy atom. The van der Waals surface area contributed by atoms with Crippen LogP contribution in [0, 0.1) is 5.82 Å². The Morgan fingerprint density at radius 1 is 1.11 bits per heavy atom. The normalized spacial score (nSPS) is 21.2. The highest BCUT2D eigenvalue weighted by atomic mass is 35.5. The molecule has 2 atom stereocenters. The summed E-state index contributed by atoms with van der Waals surface area (Å²) >= 11 is 6.20. The molecule has 0 bridgehead atoms. The summed E-state index contributed by atoms with van der Waals surface area (Å²) in [6, 6.07) is 11.8. The molecule has 0 amide bonds. The lowest BCUT2D eigenvalue weighted by atomic mass is 10.0. The van der Waals surface area contributed by atoms with E-state index in [-0.39, 0.29) is 18.0 Å². The van der Waals surface area contributed by atoms with Crippen molar-refractivity contribution in [1.29, 1.82) is 0 Å². The van der Waals surface area contributed by atoms with E-state index in [4.69, 9.17) is 21.1 Å². The van der Waals surface area contributed by atoms with Gasteiger partial charge in [0.15, 0.2) is 0 Å². The maximum absolute atomic E-state index is 12.9. The fourth-order valence-corrected chi connectivity index (χ4v) is 2.40. The zero-order valence-electron chi connectivity index (χ0n) is 10.3. The molecule has 2 aromatic rings. The Morgan fingerprint density at radius 2 is 1.84 bits per heavy atom. The Bertz CT molecular complexity index is 598. The van der Waals surface area contributed by atoms with Gasteiger partial charge in [-0.2, -0.15) is 0 Å². The third-order valence-corrected chi connectivity index (χ3v) is 3.53. The van der Waals surface area contributed by atoms with Gasteiger partial charge in [-0.15, -0.1) is 0 Å². The van der Waals surface area contributed by atoms with Crippen molar-refractivity contribution in [3.63, 3.8) is 0 Å². The zero-order chi connectivity index (χ0) is 13.4. The van der Waals surface area contributed by atoms with Crippen molar-refractivity contribution in [2.45, 2.75) is 12.2 Å². The Hall–Kier alpha value is -1.58. The van der Waals surface area contributed by atoms with Crippen LogP contribution in [0.5, 0.6) is 5.75 Å². The van der Waals surface area contributed by atoms with Gasteiger partial charge in [0, 0.05) is 5.56 Å². The molecular formula is C15H12ClFO2. The van der Waals surface area contributed by atoms with Crippen molar-refractivity contribution in [2.24, 2.45) is 0 Å². The molecule has 0 aromatic heterocycles. The van der Waals surface area contributed by atoms with Crippen molar-refractivity contribution >= 4 is 11.6 Å². The molecule has 2 aromatic carbocycles. The first-order chi connectivity index (χ1) is 9.19. The number of hydrogen-bond donors (Lipinski definition) is 0. The monoisotopic (exact) mass is 278 g/mol. The van der Waals surface area contributed by atoms with Gasteiger partial charge < -0.3 is 9.47 Å². The summed E-state index contributed by atoms with van der Waals surface area (Å²) < 4.78 is 23.6. The topological polar surface area (TPSA) is 21.8 Å². The Kier molecular flexibility index (Phi) is 3.17. The van der Waals surface area contributed by atoms with Gasteiger partial charge in [-0.3, -0.25) is 0 Å². The first-order valence-electron chi connectivity index (χ1n) is 5.93. The van der Waals surface area contributed by atoms with E-state index in [1.54, 1.807) is 25.3 Å². The molecule has 0 N–H and O–H groups in total. The summed E-state index contributed by atoms with van der Waals surface area (Å²) in [5, 5.41) is 0.619. The molecule has 1 aliphatic rings. The first-order valence-corrected chi connectivity index (χ1v) is 6.31. The molecule has 1 fully saturated rings. The number of hydrogen-bond acceptors (Lipinski definition) is 2. The smallest absolute Gasteiger partial charge is 0.123 e. The summed E-state index contributed by atoms with van der Waals surface area (Å²) in [5.74, 6) is 0.469. The SMILES string of the molecule is COc1ccc(C2OC2c2ccc(F)cc2)c(Cl)c1. The van der Waals surface area contributed by atoms with Gasteiger partial charge in [0.1, 0.15) is 23.8 Å². The minimum absolute atomic E-state index is 0.0495. The van der Waals surface area contributed by atoms with Crippen LogP contribution in [-0.2, 0) is 4.74 Å². The molecule has 0 aliphatic carbocycles. The molecule has 0 saturated carbocycles. The maximum atomic E-state index is 12.9. The van der Waals surface area contributed by atoms with Crippen LogP contribution < -0.4 is 4.74 Å². The minimum atomic E-state index is -0.247. The number of rotatable bonds is 3. The molecule has 1 aliphatic heterocycles. The summed E-state index contributed by atoms with van der Waals surface area (Å²) in [7, 11) is 1.60. The molecule has 19 heavy (non-hydrogen) atoms. The van der Waals surface area contributed by atoms with Crippen LogP contribution >= 0.6 is 11.6 Å². The standard InChI is InChI=1S/C15H12ClFO2/c1-18-11-6-7-12(13(16)8-11)15-14(19-15)9-2-4-10(17)5-3-9/h2-8,14-15H,1H3. The maximum Gasteiger partial charge on any atom is 0.123 e. The highest BCUT2D eigenvalue weighted by Crippen LogP contribution is 2.52. The van der Waals surface area contributed by atoms with E-state index in [1.165, 1.54) is 12.1 Å². The van der Waals surface area contributed by atoms with Crippen LogP contribution in [0.3, 0.4) is 0 Å². The number of benzene rings is 2. The molecular weight excluding hydrogens is 267 g/mol. The third kappa shape index (κ3) is 2.44. The summed E-state index contributed by atoms with van der Waals surface area (Å²) in [6.45, 7) is 0. The molecule has 1 saturated heterocycles. The molecule has 98 valence electrons. The van der Waals surface area contributed by atoms with Crippen LogP contribution in [0.1, 0.15) is 23.3 Å². The summed E-state index contributed by atoms with van der Waals surface area (Å²) in [6.07, 6.45) is -0.115. The van der Waals surface area contributed by atoms with Gasteiger partial charge in [0.2, 0.25) is 0 Å². The van der Waals surface area contributed by atoms with Crippen molar-refractivity contribution in [1.82, 2.24) is 0 Å². The molecule has 0 radical (unpaired) electrons. The number of ether oxygens (including phenoxy) is 2. The van der Waals surface area contributed by atoms with Gasteiger partial charge in [-0.1, -0.05) is 29.8 Å². The Balaban J connectivity index is 1.81. The van der Waals surface area contributed by atoms with E-state index in [0.717, 1.165) is 11.1 Å². The lowest BCUT2D eigenvalue weighted by Crippen LogP contribution is -1.88. The van der Waals surface area contributed by atoms with Crippen LogP contribution in [-0.4, -0.2) is 7.11 Å². The molecule has 1 heterocycles.